The summed E-state index contributed by atoms with van der Waals surface area (Å²) in [6.07, 6.45) is 9.57. The van der Waals surface area contributed by atoms with Crippen LogP contribution in [0, 0.1) is 0 Å². The zero-order valence-electron chi connectivity index (χ0n) is 10.0. The van der Waals surface area contributed by atoms with Crippen LogP contribution in [0.15, 0.2) is 0 Å². The average Bonchev–Trinajstić information content (AvgIpc) is 2.53. The fraction of sp³-hybridized carbons (Fsp3) is 1.00. The molecule has 3 heteroatoms. The molecule has 0 aromatic heterocycles. The second kappa shape index (κ2) is 8.08. The summed E-state index contributed by atoms with van der Waals surface area (Å²) in [6, 6.07) is 0.739. The van der Waals surface area contributed by atoms with Crippen molar-refractivity contribution in [3.8, 4) is 0 Å². The summed E-state index contributed by atoms with van der Waals surface area (Å²) in [4.78, 5) is 0. The third-order valence-electron chi connectivity index (χ3n) is 3.35. The fourth-order valence-electron chi connectivity index (χ4n) is 2.26. The quantitative estimate of drug-likeness (QED) is 0.661. The molecule has 0 spiro atoms. The maximum Gasteiger partial charge on any atom is 0.0705 e. The minimum Gasteiger partial charge on any atom is -0.380 e. The summed E-state index contributed by atoms with van der Waals surface area (Å²) in [5.41, 5.74) is 5.57. The molecule has 0 bridgehead atoms. The Hall–Kier alpha value is -0.120. The molecule has 0 aliphatic heterocycles. The number of ether oxygens (including phenoxy) is 1. The van der Waals surface area contributed by atoms with Crippen LogP contribution in [-0.4, -0.2) is 32.3 Å². The van der Waals surface area contributed by atoms with Crippen molar-refractivity contribution in [1.29, 1.82) is 0 Å². The topological polar surface area (TPSA) is 47.3 Å². The largest absolute Gasteiger partial charge is 0.380 e. The Labute approximate surface area is 93.8 Å². The second-order valence-corrected chi connectivity index (χ2v) is 4.52. The van der Waals surface area contributed by atoms with E-state index in [1.54, 1.807) is 7.11 Å². The zero-order chi connectivity index (χ0) is 10.9. The summed E-state index contributed by atoms with van der Waals surface area (Å²) in [5.74, 6) is 0. The van der Waals surface area contributed by atoms with Crippen LogP contribution in [0.2, 0.25) is 0 Å². The van der Waals surface area contributed by atoms with Gasteiger partial charge in [-0.1, -0.05) is 25.7 Å². The van der Waals surface area contributed by atoms with Gasteiger partial charge in [0.25, 0.3) is 0 Å². The van der Waals surface area contributed by atoms with E-state index in [-0.39, 0.29) is 6.10 Å². The van der Waals surface area contributed by atoms with Gasteiger partial charge in [-0.15, -0.1) is 0 Å². The van der Waals surface area contributed by atoms with E-state index in [1.165, 1.54) is 38.5 Å². The highest BCUT2D eigenvalue weighted by Crippen LogP contribution is 2.17. The van der Waals surface area contributed by atoms with E-state index in [2.05, 4.69) is 5.32 Å². The molecule has 15 heavy (non-hydrogen) atoms. The smallest absolute Gasteiger partial charge is 0.0705 e. The van der Waals surface area contributed by atoms with Crippen LogP contribution in [0.25, 0.3) is 0 Å². The number of hydrogen-bond donors (Lipinski definition) is 2. The standard InChI is InChI=1S/C12H26N2O/c1-15-12(10-13)8-9-14-11-6-4-2-3-5-7-11/h11-12,14H,2-10,13H2,1H3. The van der Waals surface area contributed by atoms with Crippen molar-refractivity contribution in [2.45, 2.75) is 57.1 Å². The van der Waals surface area contributed by atoms with E-state index in [0.29, 0.717) is 6.54 Å². The van der Waals surface area contributed by atoms with E-state index >= 15 is 0 Å². The maximum atomic E-state index is 5.57. The first-order chi connectivity index (χ1) is 7.36. The Balaban J connectivity index is 2.07. The molecule has 0 aromatic carbocycles. The second-order valence-electron chi connectivity index (χ2n) is 4.52. The van der Waals surface area contributed by atoms with Crippen LogP contribution in [0.1, 0.15) is 44.9 Å². The van der Waals surface area contributed by atoms with E-state index < -0.39 is 0 Å². The summed E-state index contributed by atoms with van der Waals surface area (Å²) < 4.78 is 5.25. The first kappa shape index (κ1) is 12.9. The van der Waals surface area contributed by atoms with Crippen molar-refractivity contribution in [2.24, 2.45) is 5.73 Å². The molecular formula is C12H26N2O. The molecule has 0 heterocycles. The highest BCUT2D eigenvalue weighted by molar-refractivity contribution is 4.71. The van der Waals surface area contributed by atoms with Gasteiger partial charge in [-0.05, 0) is 25.8 Å². The first-order valence-electron chi connectivity index (χ1n) is 6.33. The molecule has 90 valence electrons. The van der Waals surface area contributed by atoms with Gasteiger partial charge in [-0.25, -0.2) is 0 Å². The molecule has 1 aliphatic carbocycles. The van der Waals surface area contributed by atoms with E-state index in [0.717, 1.165) is 19.0 Å². The molecule has 1 rings (SSSR count). The normalized spacial score (nSPS) is 21.2. The SMILES string of the molecule is COC(CN)CCNC1CCCCCC1. The Kier molecular flexibility index (Phi) is 6.98. The van der Waals surface area contributed by atoms with Crippen LogP contribution in [0.4, 0.5) is 0 Å². The van der Waals surface area contributed by atoms with Gasteiger partial charge < -0.3 is 15.8 Å². The molecular weight excluding hydrogens is 188 g/mol. The minimum absolute atomic E-state index is 0.225. The Morgan fingerprint density at radius 1 is 1.27 bits per heavy atom. The summed E-state index contributed by atoms with van der Waals surface area (Å²) in [7, 11) is 1.74. The Morgan fingerprint density at radius 3 is 2.47 bits per heavy atom. The molecule has 0 saturated heterocycles. The molecule has 0 aromatic rings. The predicted molar refractivity (Wildman–Crippen MR) is 64.0 cm³/mol. The van der Waals surface area contributed by atoms with Gasteiger partial charge in [-0.3, -0.25) is 0 Å². The monoisotopic (exact) mass is 214 g/mol. The third kappa shape index (κ3) is 5.50. The van der Waals surface area contributed by atoms with Crippen molar-refractivity contribution in [3.63, 3.8) is 0 Å². The van der Waals surface area contributed by atoms with Gasteiger partial charge in [0.05, 0.1) is 6.10 Å². The molecule has 1 atom stereocenters. The predicted octanol–water partition coefficient (Wildman–Crippen LogP) is 1.66. The number of nitrogens with two attached hydrogens (primary N) is 1. The fourth-order valence-corrected chi connectivity index (χ4v) is 2.26. The summed E-state index contributed by atoms with van der Waals surface area (Å²) in [6.45, 7) is 1.67. The molecule has 1 unspecified atom stereocenters. The minimum atomic E-state index is 0.225. The number of nitrogens with one attached hydrogen (secondary N) is 1. The number of hydrogen-bond acceptors (Lipinski definition) is 3. The number of rotatable bonds is 6. The summed E-state index contributed by atoms with van der Waals surface area (Å²) in [5, 5.41) is 3.63. The van der Waals surface area contributed by atoms with Crippen molar-refractivity contribution in [1.82, 2.24) is 5.32 Å². The summed E-state index contributed by atoms with van der Waals surface area (Å²) >= 11 is 0. The highest BCUT2D eigenvalue weighted by atomic mass is 16.5. The zero-order valence-corrected chi connectivity index (χ0v) is 10.0. The molecule has 3 nitrogen and oxygen atoms in total. The van der Waals surface area contributed by atoms with Crippen LogP contribution in [0.3, 0.4) is 0 Å². The average molecular weight is 214 g/mol. The third-order valence-corrected chi connectivity index (χ3v) is 3.35. The first-order valence-corrected chi connectivity index (χ1v) is 6.33. The molecule has 0 radical (unpaired) electrons. The van der Waals surface area contributed by atoms with E-state index in [4.69, 9.17) is 10.5 Å². The van der Waals surface area contributed by atoms with Crippen molar-refractivity contribution >= 4 is 0 Å². The van der Waals surface area contributed by atoms with Gasteiger partial charge in [0.1, 0.15) is 0 Å². The van der Waals surface area contributed by atoms with E-state index in [1.807, 2.05) is 0 Å². The van der Waals surface area contributed by atoms with Gasteiger partial charge in [-0.2, -0.15) is 0 Å². The van der Waals surface area contributed by atoms with Crippen molar-refractivity contribution in [2.75, 3.05) is 20.2 Å². The van der Waals surface area contributed by atoms with Crippen molar-refractivity contribution in [3.05, 3.63) is 0 Å². The Bertz CT molecular complexity index is 141. The lowest BCUT2D eigenvalue weighted by Gasteiger charge is -2.18. The maximum absolute atomic E-state index is 5.57. The van der Waals surface area contributed by atoms with Gasteiger partial charge in [0.15, 0.2) is 0 Å². The van der Waals surface area contributed by atoms with Gasteiger partial charge in [0.2, 0.25) is 0 Å². The van der Waals surface area contributed by atoms with Crippen LogP contribution in [0.5, 0.6) is 0 Å². The van der Waals surface area contributed by atoms with E-state index in [9.17, 15) is 0 Å². The van der Waals surface area contributed by atoms with Crippen LogP contribution < -0.4 is 11.1 Å². The lowest BCUT2D eigenvalue weighted by Crippen LogP contribution is -2.33. The van der Waals surface area contributed by atoms with Crippen LogP contribution in [-0.2, 0) is 4.74 Å². The highest BCUT2D eigenvalue weighted by Gasteiger charge is 2.12. The van der Waals surface area contributed by atoms with Crippen LogP contribution >= 0.6 is 0 Å². The lowest BCUT2D eigenvalue weighted by atomic mass is 10.1. The molecule has 1 fully saturated rings. The molecule has 1 aliphatic rings. The lowest BCUT2D eigenvalue weighted by molar-refractivity contribution is 0.101. The molecule has 1 saturated carbocycles. The van der Waals surface area contributed by atoms with Crippen molar-refractivity contribution < 1.29 is 4.74 Å². The van der Waals surface area contributed by atoms with Gasteiger partial charge >= 0.3 is 0 Å². The number of methoxy groups -OCH3 is 1. The molecule has 3 N–H and O–H groups in total. The van der Waals surface area contributed by atoms with Gasteiger partial charge in [0, 0.05) is 19.7 Å². The molecule has 0 amide bonds. The Morgan fingerprint density at radius 2 is 1.93 bits per heavy atom.